The number of hydrogen-bond donors (Lipinski definition) is 2. The molecule has 0 spiro atoms. The van der Waals surface area contributed by atoms with Gasteiger partial charge in [0.15, 0.2) is 0 Å². The Kier molecular flexibility index (Phi) is 6.24. The zero-order valence-corrected chi connectivity index (χ0v) is 22.6. The number of fused-ring (bicyclic) bond motifs is 3. The molecule has 4 nitrogen and oxygen atoms in total. The Bertz CT molecular complexity index is 1380. The summed E-state index contributed by atoms with van der Waals surface area (Å²) in [5.41, 5.74) is 6.53. The van der Waals surface area contributed by atoms with E-state index in [4.69, 9.17) is 0 Å². The molecule has 0 amide bonds. The molecule has 1 aliphatic heterocycles. The van der Waals surface area contributed by atoms with Crippen LogP contribution in [0.1, 0.15) is 81.2 Å². The maximum atomic E-state index is 13.2. The Morgan fingerprint density at radius 3 is 2.28 bits per heavy atom. The summed E-state index contributed by atoms with van der Waals surface area (Å²) in [5.74, 6) is 0.943. The first-order chi connectivity index (χ1) is 17.0. The van der Waals surface area contributed by atoms with Crippen molar-refractivity contribution in [1.29, 1.82) is 0 Å². The lowest BCUT2D eigenvalue weighted by molar-refractivity contribution is 0.425. The second kappa shape index (κ2) is 9.11. The van der Waals surface area contributed by atoms with E-state index in [1.807, 2.05) is 36.4 Å². The van der Waals surface area contributed by atoms with Gasteiger partial charge in [-0.25, -0.2) is 8.42 Å². The van der Waals surface area contributed by atoms with Crippen molar-refractivity contribution >= 4 is 21.4 Å². The van der Waals surface area contributed by atoms with Gasteiger partial charge in [-0.1, -0.05) is 83.2 Å². The van der Waals surface area contributed by atoms with Gasteiger partial charge in [0.2, 0.25) is 0 Å². The van der Waals surface area contributed by atoms with Crippen molar-refractivity contribution in [3.8, 4) is 0 Å². The minimum absolute atomic E-state index is 0.120. The van der Waals surface area contributed by atoms with E-state index >= 15 is 0 Å². The minimum atomic E-state index is -3.69. The van der Waals surface area contributed by atoms with Crippen LogP contribution in [0.2, 0.25) is 0 Å². The highest BCUT2D eigenvalue weighted by Gasteiger charge is 2.38. The van der Waals surface area contributed by atoms with Crippen molar-refractivity contribution in [3.63, 3.8) is 0 Å². The van der Waals surface area contributed by atoms with Crippen LogP contribution < -0.4 is 10.0 Å². The molecule has 188 valence electrons. The second-order valence-corrected chi connectivity index (χ2v) is 13.2. The summed E-state index contributed by atoms with van der Waals surface area (Å²) in [7, 11) is -3.69. The predicted octanol–water partition coefficient (Wildman–Crippen LogP) is 7.73. The molecule has 0 fully saturated rings. The van der Waals surface area contributed by atoms with Gasteiger partial charge in [-0.2, -0.15) is 0 Å². The van der Waals surface area contributed by atoms with E-state index in [-0.39, 0.29) is 17.4 Å². The van der Waals surface area contributed by atoms with Crippen LogP contribution in [0.25, 0.3) is 0 Å². The molecule has 1 heterocycles. The quantitative estimate of drug-likeness (QED) is 0.352. The van der Waals surface area contributed by atoms with E-state index < -0.39 is 10.0 Å². The van der Waals surface area contributed by atoms with Gasteiger partial charge in [-0.05, 0) is 76.3 Å². The molecule has 3 aromatic carbocycles. The molecule has 3 atom stereocenters. The van der Waals surface area contributed by atoms with Crippen LogP contribution in [-0.4, -0.2) is 8.42 Å². The van der Waals surface area contributed by atoms with Crippen LogP contribution in [0.5, 0.6) is 0 Å². The normalized spacial score (nSPS) is 21.1. The fourth-order valence-corrected chi connectivity index (χ4v) is 6.50. The van der Waals surface area contributed by atoms with Crippen LogP contribution in [0.3, 0.4) is 0 Å². The summed E-state index contributed by atoms with van der Waals surface area (Å²) in [6.45, 7) is 10.9. The largest absolute Gasteiger partial charge is 0.378 e. The van der Waals surface area contributed by atoms with Crippen LogP contribution in [0, 0.1) is 5.92 Å². The summed E-state index contributed by atoms with van der Waals surface area (Å²) in [6.07, 6.45) is 5.45. The Morgan fingerprint density at radius 1 is 0.944 bits per heavy atom. The zero-order chi connectivity index (χ0) is 25.7. The molecule has 0 unspecified atom stereocenters. The van der Waals surface area contributed by atoms with Gasteiger partial charge < -0.3 is 5.32 Å². The number of hydrogen-bond acceptors (Lipinski definition) is 3. The average Bonchev–Trinajstić information content (AvgIpc) is 3.33. The fraction of sp³-hybridized carbons (Fsp3) is 0.355. The van der Waals surface area contributed by atoms with Crippen molar-refractivity contribution in [1.82, 2.24) is 0 Å². The first-order valence-corrected chi connectivity index (χ1v) is 14.3. The molecule has 5 heteroatoms. The molecule has 5 rings (SSSR count). The van der Waals surface area contributed by atoms with Crippen molar-refractivity contribution in [2.75, 3.05) is 10.0 Å². The summed E-state index contributed by atoms with van der Waals surface area (Å²) in [5, 5.41) is 3.73. The smallest absolute Gasteiger partial charge is 0.261 e. The third-order valence-electron chi connectivity index (χ3n) is 7.61. The average molecular weight is 501 g/mol. The molecule has 2 aliphatic rings. The fourth-order valence-electron chi connectivity index (χ4n) is 5.41. The minimum Gasteiger partial charge on any atom is -0.378 e. The number of nitrogens with one attached hydrogen (secondary N) is 2. The van der Waals surface area contributed by atoms with Gasteiger partial charge in [0.25, 0.3) is 10.0 Å². The Balaban J connectivity index is 1.42. The molecule has 0 saturated carbocycles. The third kappa shape index (κ3) is 4.69. The van der Waals surface area contributed by atoms with E-state index in [1.165, 1.54) is 16.7 Å². The van der Waals surface area contributed by atoms with Crippen LogP contribution in [-0.2, 0) is 15.4 Å². The molecule has 0 saturated heterocycles. The lowest BCUT2D eigenvalue weighted by atomic mass is 9.76. The standard InChI is InChI=1S/C31H36N2O2S/c1-20(2)21-11-15-24(16-12-21)33-36(34,35)25-17-18-29-28(19-25)26-7-6-8-27(26)30(32-29)22-9-13-23(14-10-22)31(3,4)5/h6-7,9-20,26-27,30,32-33H,8H2,1-5H3/t26-,27+,30+/m0/s1. The van der Waals surface area contributed by atoms with E-state index in [1.54, 1.807) is 6.07 Å². The molecule has 3 aromatic rings. The van der Waals surface area contributed by atoms with Gasteiger partial charge in [0, 0.05) is 17.3 Å². The summed E-state index contributed by atoms with van der Waals surface area (Å²) in [6, 6.07) is 22.2. The van der Waals surface area contributed by atoms with Crippen molar-refractivity contribution in [2.24, 2.45) is 5.92 Å². The van der Waals surface area contributed by atoms with Crippen molar-refractivity contribution in [2.45, 2.75) is 69.2 Å². The molecule has 0 radical (unpaired) electrons. The van der Waals surface area contributed by atoms with Gasteiger partial charge in [-0.3, -0.25) is 4.72 Å². The highest BCUT2D eigenvalue weighted by molar-refractivity contribution is 7.92. The third-order valence-corrected chi connectivity index (χ3v) is 8.99. The lowest BCUT2D eigenvalue weighted by Crippen LogP contribution is -2.29. The van der Waals surface area contributed by atoms with Gasteiger partial charge >= 0.3 is 0 Å². The van der Waals surface area contributed by atoms with Crippen LogP contribution in [0.15, 0.2) is 83.8 Å². The topological polar surface area (TPSA) is 58.2 Å². The second-order valence-electron chi connectivity index (χ2n) is 11.5. The maximum Gasteiger partial charge on any atom is 0.261 e. The zero-order valence-electron chi connectivity index (χ0n) is 21.7. The summed E-state index contributed by atoms with van der Waals surface area (Å²) in [4.78, 5) is 0.294. The lowest BCUT2D eigenvalue weighted by Gasteiger charge is -2.38. The maximum absolute atomic E-state index is 13.2. The van der Waals surface area contributed by atoms with Gasteiger partial charge in [-0.15, -0.1) is 0 Å². The molecule has 1 aliphatic carbocycles. The number of anilines is 2. The number of sulfonamides is 1. The molecule has 0 aromatic heterocycles. The Labute approximate surface area is 215 Å². The van der Waals surface area contributed by atoms with Crippen LogP contribution in [0.4, 0.5) is 11.4 Å². The molecule has 2 N–H and O–H groups in total. The molecule has 36 heavy (non-hydrogen) atoms. The first-order valence-electron chi connectivity index (χ1n) is 12.8. The first kappa shape index (κ1) is 24.6. The summed E-state index contributed by atoms with van der Waals surface area (Å²) < 4.78 is 29.2. The van der Waals surface area contributed by atoms with E-state index in [9.17, 15) is 8.42 Å². The number of rotatable bonds is 5. The van der Waals surface area contributed by atoms with Gasteiger partial charge in [0.05, 0.1) is 10.9 Å². The van der Waals surface area contributed by atoms with Crippen molar-refractivity contribution < 1.29 is 8.42 Å². The highest BCUT2D eigenvalue weighted by atomic mass is 32.2. The monoisotopic (exact) mass is 500 g/mol. The van der Waals surface area contributed by atoms with Crippen LogP contribution >= 0.6 is 0 Å². The SMILES string of the molecule is CC(C)c1ccc(NS(=O)(=O)c2ccc3c(c2)[C@H]2C=CC[C@H]2[C@@H](c2ccc(C(C)(C)C)cc2)N3)cc1. The Hall–Kier alpha value is -3.05. The number of benzene rings is 3. The number of allylic oxidation sites excluding steroid dienone is 2. The molecular formula is C31H36N2O2S. The highest BCUT2D eigenvalue weighted by Crippen LogP contribution is 2.50. The molecule has 0 bridgehead atoms. The van der Waals surface area contributed by atoms with Crippen molar-refractivity contribution in [3.05, 3.63) is 101 Å². The molecular weight excluding hydrogens is 464 g/mol. The van der Waals surface area contributed by atoms with E-state index in [2.05, 4.69) is 81.1 Å². The Morgan fingerprint density at radius 2 is 1.64 bits per heavy atom. The van der Waals surface area contributed by atoms with E-state index in [0.29, 0.717) is 22.4 Å². The predicted molar refractivity (Wildman–Crippen MR) is 149 cm³/mol. The van der Waals surface area contributed by atoms with Gasteiger partial charge in [0.1, 0.15) is 0 Å². The summed E-state index contributed by atoms with van der Waals surface area (Å²) >= 11 is 0. The van der Waals surface area contributed by atoms with E-state index in [0.717, 1.165) is 17.7 Å².